The van der Waals surface area contributed by atoms with E-state index >= 15 is 0 Å². The van der Waals surface area contributed by atoms with E-state index in [2.05, 4.69) is 47.1 Å². The van der Waals surface area contributed by atoms with E-state index in [4.69, 9.17) is 23.4 Å². The zero-order valence-electron chi connectivity index (χ0n) is 27.9. The van der Waals surface area contributed by atoms with Crippen LogP contribution in [0.3, 0.4) is 0 Å². The molecule has 1 spiro atoms. The summed E-state index contributed by atoms with van der Waals surface area (Å²) in [6, 6.07) is 3.30. The molecule has 0 bridgehead atoms. The van der Waals surface area contributed by atoms with Gasteiger partial charge in [-0.2, -0.15) is 0 Å². The van der Waals surface area contributed by atoms with Crippen LogP contribution in [-0.4, -0.2) is 48.7 Å². The first kappa shape index (κ1) is 34.4. The Balaban J connectivity index is 1.60. The van der Waals surface area contributed by atoms with Crippen LogP contribution in [0.15, 0.2) is 29.2 Å². The molecule has 0 N–H and O–H groups in total. The van der Waals surface area contributed by atoms with Crippen molar-refractivity contribution in [2.45, 2.75) is 107 Å². The molecule has 1 aliphatic carbocycles. The van der Waals surface area contributed by atoms with Crippen molar-refractivity contribution in [3.63, 3.8) is 0 Å². The van der Waals surface area contributed by atoms with E-state index in [0.29, 0.717) is 57.0 Å². The number of benzene rings is 1. The SMILES string of the molecule is CC1(C)Cc2nc(C3CCOCC3)c3c(c2C(OS(C)(C)C(C)(C)C)C1)C1(CCOCC1)OC3c1ccc(S(F)(F)(F)(F)F)cc1. The number of rotatable bonds is 5. The molecule has 4 heterocycles. The molecule has 0 saturated carbocycles. The summed E-state index contributed by atoms with van der Waals surface area (Å²) < 4.78 is 94.3. The monoisotopic (exact) mass is 693 g/mol. The summed E-state index contributed by atoms with van der Waals surface area (Å²) in [7, 11) is -11.4. The fourth-order valence-corrected chi connectivity index (χ4v) is 9.08. The van der Waals surface area contributed by atoms with Crippen LogP contribution in [0.4, 0.5) is 19.4 Å². The molecule has 0 amide bonds. The lowest BCUT2D eigenvalue weighted by molar-refractivity contribution is -0.122. The van der Waals surface area contributed by atoms with Crippen LogP contribution in [0.5, 0.6) is 0 Å². The van der Waals surface area contributed by atoms with Crippen molar-refractivity contribution in [3.8, 4) is 0 Å². The maximum absolute atomic E-state index is 13.7. The minimum Gasteiger partial charge on any atom is -0.381 e. The normalized spacial score (nSPS) is 27.0. The Labute approximate surface area is 271 Å². The summed E-state index contributed by atoms with van der Waals surface area (Å²) in [5, 5.41) is 0. The third-order valence-corrected chi connectivity index (χ3v) is 15.3. The van der Waals surface area contributed by atoms with E-state index in [1.165, 1.54) is 0 Å². The van der Waals surface area contributed by atoms with Crippen LogP contribution in [0.2, 0.25) is 0 Å². The Morgan fingerprint density at radius 3 is 2.04 bits per heavy atom. The van der Waals surface area contributed by atoms with Crippen LogP contribution in [0.25, 0.3) is 0 Å². The smallest absolute Gasteiger partial charge is 0.310 e. The van der Waals surface area contributed by atoms with Gasteiger partial charge in [-0.3, -0.25) is 4.98 Å². The lowest BCUT2D eigenvalue weighted by Crippen LogP contribution is -2.38. The largest absolute Gasteiger partial charge is 0.381 e. The van der Waals surface area contributed by atoms with Gasteiger partial charge in [-0.15, -0.1) is 10.3 Å². The van der Waals surface area contributed by atoms with Crippen LogP contribution >= 0.6 is 20.5 Å². The van der Waals surface area contributed by atoms with Gasteiger partial charge in [0.05, 0.1) is 17.4 Å². The van der Waals surface area contributed by atoms with Crippen LogP contribution in [0, 0.1) is 5.41 Å². The molecule has 0 radical (unpaired) electrons. The molecule has 6 rings (SSSR count). The van der Waals surface area contributed by atoms with E-state index in [1.807, 2.05) is 0 Å². The molecule has 3 aliphatic heterocycles. The van der Waals surface area contributed by atoms with Crippen molar-refractivity contribution < 1.29 is 37.8 Å². The van der Waals surface area contributed by atoms with Crippen LogP contribution in [0.1, 0.15) is 118 Å². The van der Waals surface area contributed by atoms with E-state index in [-0.39, 0.29) is 22.2 Å². The van der Waals surface area contributed by atoms with Crippen molar-refractivity contribution >= 4 is 20.5 Å². The molecule has 2 unspecified atom stereocenters. The summed E-state index contributed by atoms with van der Waals surface area (Å²) in [4.78, 5) is 3.54. The summed E-state index contributed by atoms with van der Waals surface area (Å²) in [6.07, 6.45) is 7.55. The van der Waals surface area contributed by atoms with Gasteiger partial charge in [-0.1, -0.05) is 66.2 Å². The third kappa shape index (κ3) is 6.35. The second-order valence-electron chi connectivity index (χ2n) is 15.7. The van der Waals surface area contributed by atoms with E-state index in [0.717, 1.165) is 65.9 Å². The first-order chi connectivity index (χ1) is 21.0. The minimum atomic E-state index is -9.85. The lowest BCUT2D eigenvalue weighted by atomic mass is 9.69. The minimum absolute atomic E-state index is 0.0684. The number of hydrogen-bond acceptors (Lipinski definition) is 5. The molecule has 2 fully saturated rings. The van der Waals surface area contributed by atoms with Crippen molar-refractivity contribution in [3.05, 3.63) is 57.9 Å². The number of hydrogen-bond donors (Lipinski definition) is 0. The number of fused-ring (bicyclic) bond motifs is 4. The Hall–Kier alpha value is -1.44. The predicted octanol–water partition coefficient (Wildman–Crippen LogP) is 10.6. The molecule has 1 aromatic carbocycles. The summed E-state index contributed by atoms with van der Waals surface area (Å²) >= 11 is 0. The number of ether oxygens (including phenoxy) is 3. The van der Waals surface area contributed by atoms with E-state index < -0.39 is 37.1 Å². The highest BCUT2D eigenvalue weighted by atomic mass is 32.5. The molecular weight excluding hydrogens is 646 g/mol. The Morgan fingerprint density at radius 1 is 0.891 bits per heavy atom. The third-order valence-electron chi connectivity index (χ3n) is 10.5. The Kier molecular flexibility index (Phi) is 7.88. The average molecular weight is 694 g/mol. The number of nitrogens with zero attached hydrogens (tertiary/aromatic N) is 1. The van der Waals surface area contributed by atoms with Gasteiger partial charge in [-0.05, 0) is 66.9 Å². The topological polar surface area (TPSA) is 49.8 Å². The first-order valence-corrected chi connectivity index (χ1v) is 20.5. The van der Waals surface area contributed by atoms with Crippen LogP contribution in [-0.2, 0) is 30.4 Å². The van der Waals surface area contributed by atoms with Gasteiger partial charge >= 0.3 is 10.2 Å². The Bertz CT molecular complexity index is 1490. The van der Waals surface area contributed by atoms with Gasteiger partial charge in [0.25, 0.3) is 0 Å². The van der Waals surface area contributed by atoms with E-state index in [9.17, 15) is 19.4 Å². The van der Waals surface area contributed by atoms with Gasteiger partial charge in [-0.25, -0.2) is 0 Å². The molecule has 2 atom stereocenters. The lowest BCUT2D eigenvalue weighted by Gasteiger charge is -2.49. The van der Waals surface area contributed by atoms with Crippen molar-refractivity contribution in [2.24, 2.45) is 5.41 Å². The van der Waals surface area contributed by atoms with Crippen molar-refractivity contribution in [1.29, 1.82) is 0 Å². The first-order valence-electron chi connectivity index (χ1n) is 16.2. The molecular formula is C34H48F5NO4S2. The second-order valence-corrected chi connectivity index (χ2v) is 21.9. The molecule has 2 aromatic rings. The highest BCUT2D eigenvalue weighted by Crippen LogP contribution is 3.02. The Morgan fingerprint density at radius 2 is 1.48 bits per heavy atom. The van der Waals surface area contributed by atoms with Gasteiger partial charge in [0.1, 0.15) is 11.0 Å². The molecule has 12 heteroatoms. The maximum Gasteiger partial charge on any atom is 0.310 e. The van der Waals surface area contributed by atoms with Gasteiger partial charge < -0.3 is 18.4 Å². The summed E-state index contributed by atoms with van der Waals surface area (Å²) in [6.45, 7) is 13.2. The highest BCUT2D eigenvalue weighted by molar-refractivity contribution is 8.45. The van der Waals surface area contributed by atoms with Crippen molar-refractivity contribution in [2.75, 3.05) is 38.9 Å². The highest BCUT2D eigenvalue weighted by Gasteiger charge is 2.65. The summed E-state index contributed by atoms with van der Waals surface area (Å²) in [5.41, 5.74) is 4.38. The zero-order chi connectivity index (χ0) is 33.6. The van der Waals surface area contributed by atoms with Crippen LogP contribution < -0.4 is 0 Å². The standard InChI is InChI=1S/C34H48F5NO4S2/c1-32(2,3)45(6,7)44-26-21-33(4,5)20-25-27(26)29-28(30(40-25)22-12-16-41-17-13-22)31(43-34(29)14-18-42-19-15-34)23-8-10-24(11-9-23)46(35,36,37,38)39/h8-11,22,26,31H,12-21H2,1-7H3. The average Bonchev–Trinajstić information content (AvgIpc) is 3.24. The van der Waals surface area contributed by atoms with Gasteiger partial charge in [0.2, 0.25) is 0 Å². The second kappa shape index (κ2) is 10.5. The number of aromatic nitrogens is 1. The molecule has 5 nitrogen and oxygen atoms in total. The molecule has 1 aromatic heterocycles. The molecule has 4 aliphatic rings. The van der Waals surface area contributed by atoms with Crippen molar-refractivity contribution in [1.82, 2.24) is 4.98 Å². The van der Waals surface area contributed by atoms with Gasteiger partial charge in [0.15, 0.2) is 0 Å². The zero-order valence-corrected chi connectivity index (χ0v) is 29.5. The number of pyridine rings is 1. The fraction of sp³-hybridized carbons (Fsp3) is 0.676. The van der Waals surface area contributed by atoms with E-state index in [1.54, 1.807) is 0 Å². The number of halogens is 5. The van der Waals surface area contributed by atoms with Gasteiger partial charge in [0, 0.05) is 66.8 Å². The summed E-state index contributed by atoms with van der Waals surface area (Å²) in [5.74, 6) is 0.0684. The molecule has 46 heavy (non-hydrogen) atoms. The fourth-order valence-electron chi connectivity index (χ4n) is 7.40. The molecule has 2 saturated heterocycles. The maximum atomic E-state index is 13.7. The quantitative estimate of drug-likeness (QED) is 0.292. The molecule has 260 valence electrons. The predicted molar refractivity (Wildman–Crippen MR) is 175 cm³/mol.